The van der Waals surface area contributed by atoms with E-state index in [4.69, 9.17) is 0 Å². The maximum absolute atomic E-state index is 13.9. The number of aryl methyl sites for hydroxylation is 1. The molecule has 0 spiro atoms. The molecule has 0 saturated heterocycles. The van der Waals surface area contributed by atoms with E-state index in [1.54, 1.807) is 0 Å². The third kappa shape index (κ3) is 2.71. The van der Waals surface area contributed by atoms with Crippen molar-refractivity contribution in [1.82, 2.24) is 4.98 Å². The molecule has 19 heavy (non-hydrogen) atoms. The summed E-state index contributed by atoms with van der Waals surface area (Å²) < 4.78 is 27.8. The van der Waals surface area contributed by atoms with Crippen molar-refractivity contribution in [2.75, 3.05) is 11.9 Å². The van der Waals surface area contributed by atoms with E-state index in [0.717, 1.165) is 24.6 Å². The van der Waals surface area contributed by atoms with E-state index in [-0.39, 0.29) is 9.99 Å². The Balaban J connectivity index is 2.78. The molecule has 1 aromatic carbocycles. The van der Waals surface area contributed by atoms with Crippen LogP contribution < -0.4 is 5.32 Å². The minimum Gasteiger partial charge on any atom is -0.385 e. The lowest BCUT2D eigenvalue weighted by Crippen LogP contribution is -2.03. The first-order valence-corrected chi connectivity index (χ1v) is 7.08. The highest BCUT2D eigenvalue weighted by atomic mass is 79.9. The monoisotopic (exact) mass is 328 g/mol. The van der Waals surface area contributed by atoms with Crippen LogP contribution in [-0.4, -0.2) is 11.5 Å². The highest BCUT2D eigenvalue weighted by molar-refractivity contribution is 9.10. The largest absolute Gasteiger partial charge is 0.385 e. The van der Waals surface area contributed by atoms with Crippen LogP contribution in [0.1, 0.15) is 26.0 Å². The minimum absolute atomic E-state index is 0.204. The van der Waals surface area contributed by atoms with Crippen molar-refractivity contribution in [3.05, 3.63) is 33.9 Å². The molecule has 1 heterocycles. The highest BCUT2D eigenvalue weighted by Crippen LogP contribution is 2.34. The van der Waals surface area contributed by atoms with Gasteiger partial charge in [0, 0.05) is 29.4 Å². The van der Waals surface area contributed by atoms with Crippen LogP contribution in [0.5, 0.6) is 0 Å². The number of rotatable bonds is 4. The first-order chi connectivity index (χ1) is 9.08. The molecule has 2 aromatic rings. The van der Waals surface area contributed by atoms with Crippen molar-refractivity contribution in [2.45, 2.75) is 26.7 Å². The summed E-state index contributed by atoms with van der Waals surface area (Å²) >= 11 is 3.18. The number of fused-ring (bicyclic) bond motifs is 1. The van der Waals surface area contributed by atoms with Gasteiger partial charge in [-0.2, -0.15) is 0 Å². The molecule has 2 rings (SSSR count). The number of hydrogen-bond donors (Lipinski definition) is 1. The molecule has 0 unspecified atom stereocenters. The first kappa shape index (κ1) is 14.2. The average molecular weight is 329 g/mol. The molecule has 0 aliphatic carbocycles. The zero-order chi connectivity index (χ0) is 14.0. The number of nitrogens with one attached hydrogen (secondary N) is 1. The van der Waals surface area contributed by atoms with Crippen molar-refractivity contribution in [2.24, 2.45) is 0 Å². The predicted octanol–water partition coefficient (Wildman–Crippen LogP) is 4.66. The predicted molar refractivity (Wildman–Crippen MR) is 77.5 cm³/mol. The fourth-order valence-electron chi connectivity index (χ4n) is 2.07. The third-order valence-electron chi connectivity index (χ3n) is 2.85. The summed E-state index contributed by atoms with van der Waals surface area (Å²) in [5.74, 6) is -1.25. The normalized spacial score (nSPS) is 11.0. The molecule has 5 heteroatoms. The second-order valence-corrected chi connectivity index (χ2v) is 5.11. The Labute approximate surface area is 119 Å². The second-order valence-electron chi connectivity index (χ2n) is 4.32. The van der Waals surface area contributed by atoms with Gasteiger partial charge < -0.3 is 5.32 Å². The van der Waals surface area contributed by atoms with Gasteiger partial charge in [-0.05, 0) is 35.3 Å². The van der Waals surface area contributed by atoms with E-state index in [9.17, 15) is 8.78 Å². The quantitative estimate of drug-likeness (QED) is 0.825. The molecular formula is C14H15BrF2N2. The van der Waals surface area contributed by atoms with Crippen molar-refractivity contribution in [3.63, 3.8) is 0 Å². The second kappa shape index (κ2) is 5.82. The van der Waals surface area contributed by atoms with Gasteiger partial charge in [0.25, 0.3) is 0 Å². The minimum atomic E-state index is -0.632. The van der Waals surface area contributed by atoms with Gasteiger partial charge in [-0.15, -0.1) is 0 Å². The van der Waals surface area contributed by atoms with Gasteiger partial charge in [-0.25, -0.2) is 13.8 Å². The summed E-state index contributed by atoms with van der Waals surface area (Å²) in [7, 11) is 0. The van der Waals surface area contributed by atoms with Gasteiger partial charge in [0.05, 0.1) is 4.47 Å². The lowest BCUT2D eigenvalue weighted by molar-refractivity contribution is 0.586. The van der Waals surface area contributed by atoms with Crippen LogP contribution >= 0.6 is 15.9 Å². The van der Waals surface area contributed by atoms with Crippen LogP contribution in [0.4, 0.5) is 14.5 Å². The molecule has 1 N–H and O–H groups in total. The number of anilines is 1. The van der Waals surface area contributed by atoms with Crippen molar-refractivity contribution in [1.29, 1.82) is 0 Å². The molecule has 0 aliphatic rings. The van der Waals surface area contributed by atoms with Gasteiger partial charge in [-0.1, -0.05) is 13.3 Å². The molecule has 2 nitrogen and oxygen atoms in total. The van der Waals surface area contributed by atoms with E-state index in [0.29, 0.717) is 17.6 Å². The first-order valence-electron chi connectivity index (χ1n) is 6.29. The van der Waals surface area contributed by atoms with Crippen LogP contribution in [0.25, 0.3) is 10.9 Å². The third-order valence-corrected chi connectivity index (χ3v) is 3.63. The fourth-order valence-corrected chi connectivity index (χ4v) is 2.59. The number of halogens is 3. The molecule has 102 valence electrons. The lowest BCUT2D eigenvalue weighted by atomic mass is 10.1. The van der Waals surface area contributed by atoms with E-state index < -0.39 is 11.6 Å². The standard InChI is InChI=1S/C14H15BrF2N2/c1-3-5-8-6-11(18-4-2)12-13(15)9(16)7-10(17)14(12)19-8/h6-7H,3-5H2,1-2H3,(H,18,19). The Kier molecular flexibility index (Phi) is 4.34. The van der Waals surface area contributed by atoms with Crippen LogP contribution in [-0.2, 0) is 6.42 Å². The maximum atomic E-state index is 13.9. The van der Waals surface area contributed by atoms with E-state index in [1.165, 1.54) is 0 Å². The fraction of sp³-hybridized carbons (Fsp3) is 0.357. The number of aromatic nitrogens is 1. The van der Waals surface area contributed by atoms with Gasteiger partial charge in [-0.3, -0.25) is 0 Å². The number of hydrogen-bond acceptors (Lipinski definition) is 2. The summed E-state index contributed by atoms with van der Waals surface area (Å²) in [5.41, 5.74) is 1.72. The summed E-state index contributed by atoms with van der Waals surface area (Å²) in [4.78, 5) is 4.30. The summed E-state index contributed by atoms with van der Waals surface area (Å²) in [5, 5.41) is 3.60. The number of benzene rings is 1. The maximum Gasteiger partial charge on any atom is 0.152 e. The molecule has 1 aromatic heterocycles. The summed E-state index contributed by atoms with van der Waals surface area (Å²) in [6, 6.07) is 2.73. The van der Waals surface area contributed by atoms with Crippen LogP contribution in [0.2, 0.25) is 0 Å². The molecule has 0 atom stereocenters. The SMILES string of the molecule is CCCc1cc(NCC)c2c(Br)c(F)cc(F)c2n1. The molecule has 0 aliphatic heterocycles. The van der Waals surface area contributed by atoms with Crippen molar-refractivity contribution in [3.8, 4) is 0 Å². The number of pyridine rings is 1. The van der Waals surface area contributed by atoms with Crippen LogP contribution in [0, 0.1) is 11.6 Å². The van der Waals surface area contributed by atoms with E-state index >= 15 is 0 Å². The Hall–Kier alpha value is -1.23. The summed E-state index contributed by atoms with van der Waals surface area (Å²) in [6.45, 7) is 4.65. The molecule has 0 bridgehead atoms. The Bertz CT molecular complexity index is 614. The highest BCUT2D eigenvalue weighted by Gasteiger charge is 2.16. The number of nitrogens with zero attached hydrogens (tertiary/aromatic N) is 1. The lowest BCUT2D eigenvalue weighted by Gasteiger charge is -2.13. The summed E-state index contributed by atoms with van der Waals surface area (Å²) in [6.07, 6.45) is 1.69. The van der Waals surface area contributed by atoms with Gasteiger partial charge in [0.2, 0.25) is 0 Å². The zero-order valence-electron chi connectivity index (χ0n) is 10.9. The van der Waals surface area contributed by atoms with Crippen molar-refractivity contribution >= 4 is 32.5 Å². The van der Waals surface area contributed by atoms with Crippen LogP contribution in [0.3, 0.4) is 0 Å². The van der Waals surface area contributed by atoms with Gasteiger partial charge >= 0.3 is 0 Å². The topological polar surface area (TPSA) is 24.9 Å². The smallest absolute Gasteiger partial charge is 0.152 e. The molecule has 0 fully saturated rings. The van der Waals surface area contributed by atoms with Crippen molar-refractivity contribution < 1.29 is 8.78 Å². The zero-order valence-corrected chi connectivity index (χ0v) is 12.4. The van der Waals surface area contributed by atoms with E-state index in [1.807, 2.05) is 19.9 Å². The molecular weight excluding hydrogens is 314 g/mol. The van der Waals surface area contributed by atoms with Crippen LogP contribution in [0.15, 0.2) is 16.6 Å². The van der Waals surface area contributed by atoms with Gasteiger partial charge in [0.1, 0.15) is 11.3 Å². The Morgan fingerprint density at radius 1 is 1.21 bits per heavy atom. The average Bonchev–Trinajstić information content (AvgIpc) is 2.36. The van der Waals surface area contributed by atoms with E-state index in [2.05, 4.69) is 26.2 Å². The Morgan fingerprint density at radius 2 is 1.95 bits per heavy atom. The molecule has 0 saturated carbocycles. The van der Waals surface area contributed by atoms with Gasteiger partial charge in [0.15, 0.2) is 5.82 Å². The molecule has 0 radical (unpaired) electrons. The Morgan fingerprint density at radius 3 is 2.58 bits per heavy atom. The molecule has 0 amide bonds.